The second-order valence-electron chi connectivity index (χ2n) is 5.00. The summed E-state index contributed by atoms with van der Waals surface area (Å²) in [7, 11) is 1.60. The predicted molar refractivity (Wildman–Crippen MR) is 99.3 cm³/mol. The van der Waals surface area contributed by atoms with Crippen molar-refractivity contribution in [2.45, 2.75) is 33.5 Å². The van der Waals surface area contributed by atoms with Crippen molar-refractivity contribution in [1.82, 2.24) is 20.8 Å². The van der Waals surface area contributed by atoms with E-state index in [2.05, 4.69) is 30.5 Å². The number of guanidine groups is 1. The minimum Gasteiger partial charge on any atom is -0.434 e. The summed E-state index contributed by atoms with van der Waals surface area (Å²) in [6.45, 7) is 1.30. The molecule has 2 aromatic rings. The third kappa shape index (κ3) is 6.80. The van der Waals surface area contributed by atoms with Gasteiger partial charge in [0, 0.05) is 19.2 Å². The molecule has 25 heavy (non-hydrogen) atoms. The van der Waals surface area contributed by atoms with Crippen molar-refractivity contribution >= 4 is 29.9 Å². The zero-order chi connectivity index (χ0) is 17.5. The van der Waals surface area contributed by atoms with Crippen molar-refractivity contribution in [3.8, 4) is 5.75 Å². The van der Waals surface area contributed by atoms with Gasteiger partial charge in [0.1, 0.15) is 5.75 Å². The van der Waals surface area contributed by atoms with Crippen molar-refractivity contribution in [3.05, 3.63) is 41.0 Å². The molecule has 1 heterocycles. The van der Waals surface area contributed by atoms with Crippen molar-refractivity contribution in [2.75, 3.05) is 7.05 Å². The van der Waals surface area contributed by atoms with Gasteiger partial charge in [0.25, 0.3) is 0 Å². The Hall–Kier alpha value is -1.98. The number of aliphatic imine (C=N–C) groups is 1. The molecule has 2 rings (SSSR count). The summed E-state index contributed by atoms with van der Waals surface area (Å²) in [5.41, 5.74) is 1.55. The number of ether oxygens (including phenoxy) is 1. The highest BCUT2D eigenvalue weighted by molar-refractivity contribution is 14.0. The first-order chi connectivity index (χ1) is 11.5. The fourth-order valence-corrected chi connectivity index (χ4v) is 2.03. The number of hydrogen-bond acceptors (Lipinski definition) is 5. The minimum absolute atomic E-state index is 0. The first-order valence-electron chi connectivity index (χ1n) is 7.26. The van der Waals surface area contributed by atoms with Crippen LogP contribution >= 0.6 is 24.0 Å². The molecule has 0 unspecified atom stereocenters. The Balaban J connectivity index is 0.00000312. The molecule has 0 saturated heterocycles. The zero-order valence-electron chi connectivity index (χ0n) is 14.0. The van der Waals surface area contributed by atoms with Crippen LogP contribution in [0.3, 0.4) is 0 Å². The summed E-state index contributed by atoms with van der Waals surface area (Å²) in [5.74, 6) is 1.57. The van der Waals surface area contributed by atoms with Gasteiger partial charge in [-0.3, -0.25) is 4.99 Å². The molecule has 138 valence electrons. The second-order valence-corrected chi connectivity index (χ2v) is 5.00. The lowest BCUT2D eigenvalue weighted by atomic mass is 10.1. The molecular formula is C15H20F2IN5O2. The largest absolute Gasteiger partial charge is 0.434 e. The Kier molecular flexibility index (Phi) is 8.52. The molecule has 0 atom stereocenters. The molecule has 0 fully saturated rings. The maximum atomic E-state index is 12.5. The summed E-state index contributed by atoms with van der Waals surface area (Å²) >= 11 is 0. The van der Waals surface area contributed by atoms with E-state index < -0.39 is 6.61 Å². The van der Waals surface area contributed by atoms with Crippen LogP contribution in [0.25, 0.3) is 0 Å². The first kappa shape index (κ1) is 21.1. The molecule has 0 bridgehead atoms. The zero-order valence-corrected chi connectivity index (χ0v) is 16.4. The summed E-state index contributed by atoms with van der Waals surface area (Å²) < 4.78 is 34.5. The number of aryl methyl sites for hydroxylation is 2. The lowest BCUT2D eigenvalue weighted by molar-refractivity contribution is -0.0504. The Morgan fingerprint density at radius 1 is 1.28 bits per heavy atom. The SMILES string of the molecule is CN=C(NCc1nc(C)no1)NCc1cc(C)ccc1OC(F)F.I. The average Bonchev–Trinajstić information content (AvgIpc) is 2.95. The van der Waals surface area contributed by atoms with E-state index in [0.717, 1.165) is 5.56 Å². The number of benzene rings is 1. The van der Waals surface area contributed by atoms with Gasteiger partial charge in [-0.1, -0.05) is 22.9 Å². The molecule has 2 N–H and O–H groups in total. The van der Waals surface area contributed by atoms with E-state index >= 15 is 0 Å². The van der Waals surface area contributed by atoms with Gasteiger partial charge in [0.15, 0.2) is 11.8 Å². The van der Waals surface area contributed by atoms with E-state index in [1.54, 1.807) is 26.1 Å². The normalized spacial score (nSPS) is 11.2. The van der Waals surface area contributed by atoms with Gasteiger partial charge >= 0.3 is 6.61 Å². The molecule has 7 nitrogen and oxygen atoms in total. The van der Waals surface area contributed by atoms with Gasteiger partial charge in [-0.05, 0) is 19.9 Å². The smallest absolute Gasteiger partial charge is 0.387 e. The van der Waals surface area contributed by atoms with Crippen molar-refractivity contribution in [3.63, 3.8) is 0 Å². The van der Waals surface area contributed by atoms with Crippen LogP contribution in [0.4, 0.5) is 8.78 Å². The number of halogens is 3. The molecular weight excluding hydrogens is 447 g/mol. The van der Waals surface area contributed by atoms with Crippen molar-refractivity contribution < 1.29 is 18.0 Å². The molecule has 0 aliphatic rings. The maximum absolute atomic E-state index is 12.5. The molecule has 0 amide bonds. The van der Waals surface area contributed by atoms with E-state index in [9.17, 15) is 8.78 Å². The lowest BCUT2D eigenvalue weighted by Crippen LogP contribution is -2.36. The van der Waals surface area contributed by atoms with Gasteiger partial charge in [0.05, 0.1) is 6.54 Å². The molecule has 0 saturated carbocycles. The molecule has 1 aromatic carbocycles. The monoisotopic (exact) mass is 467 g/mol. The molecule has 0 spiro atoms. The molecule has 0 aliphatic carbocycles. The number of rotatable bonds is 6. The van der Waals surface area contributed by atoms with Crippen LogP contribution in [0.2, 0.25) is 0 Å². The minimum atomic E-state index is -2.87. The van der Waals surface area contributed by atoms with E-state index in [1.807, 2.05) is 6.92 Å². The number of nitrogens with zero attached hydrogens (tertiary/aromatic N) is 3. The van der Waals surface area contributed by atoms with Crippen LogP contribution in [0, 0.1) is 13.8 Å². The van der Waals surface area contributed by atoms with E-state index in [1.165, 1.54) is 6.07 Å². The predicted octanol–water partition coefficient (Wildman–Crippen LogP) is 2.77. The van der Waals surface area contributed by atoms with E-state index in [0.29, 0.717) is 29.8 Å². The molecule has 1 aromatic heterocycles. The highest BCUT2D eigenvalue weighted by Gasteiger charge is 2.11. The highest BCUT2D eigenvalue weighted by atomic mass is 127. The Morgan fingerprint density at radius 3 is 2.60 bits per heavy atom. The van der Waals surface area contributed by atoms with Crippen LogP contribution < -0.4 is 15.4 Å². The number of hydrogen-bond donors (Lipinski definition) is 2. The number of alkyl halides is 2. The molecule has 0 aliphatic heterocycles. The summed E-state index contributed by atoms with van der Waals surface area (Å²) in [6, 6.07) is 5.02. The maximum Gasteiger partial charge on any atom is 0.387 e. The standard InChI is InChI=1S/C15H19F2N5O2.HI/c1-9-4-5-12(23-14(16)17)11(6-9)7-19-15(18-3)20-8-13-21-10(2)22-24-13;/h4-6,14H,7-8H2,1-3H3,(H2,18,19,20);1H. The summed E-state index contributed by atoms with van der Waals surface area (Å²) in [4.78, 5) is 8.12. The Morgan fingerprint density at radius 2 is 2.00 bits per heavy atom. The van der Waals surface area contributed by atoms with Gasteiger partial charge in [-0.25, -0.2) is 0 Å². The first-order valence-corrected chi connectivity index (χ1v) is 7.26. The fraction of sp³-hybridized carbons (Fsp3) is 0.400. The Bertz CT molecular complexity index is 709. The lowest BCUT2D eigenvalue weighted by Gasteiger charge is -2.14. The van der Waals surface area contributed by atoms with E-state index in [4.69, 9.17) is 4.52 Å². The topological polar surface area (TPSA) is 84.6 Å². The van der Waals surface area contributed by atoms with Crippen molar-refractivity contribution in [1.29, 1.82) is 0 Å². The third-order valence-electron chi connectivity index (χ3n) is 3.08. The average molecular weight is 467 g/mol. The second kappa shape index (κ2) is 10.1. The van der Waals surface area contributed by atoms with E-state index in [-0.39, 0.29) is 36.3 Å². The molecule has 10 heteroatoms. The number of aromatic nitrogens is 2. The summed E-state index contributed by atoms with van der Waals surface area (Å²) in [6.07, 6.45) is 0. The van der Waals surface area contributed by atoms with Gasteiger partial charge in [0.2, 0.25) is 5.89 Å². The van der Waals surface area contributed by atoms with Crippen LogP contribution in [0.15, 0.2) is 27.7 Å². The highest BCUT2D eigenvalue weighted by Crippen LogP contribution is 2.21. The third-order valence-corrected chi connectivity index (χ3v) is 3.08. The Labute approximate surface area is 161 Å². The van der Waals surface area contributed by atoms with Gasteiger partial charge in [-0.2, -0.15) is 13.8 Å². The summed E-state index contributed by atoms with van der Waals surface area (Å²) in [5, 5.41) is 9.71. The van der Waals surface area contributed by atoms with Crippen LogP contribution in [-0.2, 0) is 13.1 Å². The van der Waals surface area contributed by atoms with Crippen LogP contribution in [0.1, 0.15) is 22.8 Å². The van der Waals surface area contributed by atoms with Crippen LogP contribution in [0.5, 0.6) is 5.75 Å². The fourth-order valence-electron chi connectivity index (χ4n) is 2.03. The van der Waals surface area contributed by atoms with Crippen LogP contribution in [-0.4, -0.2) is 29.8 Å². The number of nitrogens with one attached hydrogen (secondary N) is 2. The van der Waals surface area contributed by atoms with Crippen molar-refractivity contribution in [2.24, 2.45) is 4.99 Å². The van der Waals surface area contributed by atoms with Gasteiger partial charge in [-0.15, -0.1) is 24.0 Å². The molecule has 0 radical (unpaired) electrons. The van der Waals surface area contributed by atoms with Gasteiger partial charge < -0.3 is 19.9 Å². The quantitative estimate of drug-likeness (QED) is 0.386.